The fraction of sp³-hybridized carbons (Fsp3) is 0.812. The Morgan fingerprint density at radius 2 is 1.69 bits per heavy atom. The first-order valence-electron chi connectivity index (χ1n) is 8.99. The number of anilines is 1. The van der Waals surface area contributed by atoms with E-state index in [0.717, 1.165) is 38.8 Å². The molecule has 1 aromatic heterocycles. The molecule has 0 aliphatic carbocycles. The van der Waals surface area contributed by atoms with Gasteiger partial charge in [-0.25, -0.2) is 0 Å². The molecule has 0 saturated carbocycles. The van der Waals surface area contributed by atoms with Crippen molar-refractivity contribution in [2.45, 2.75) is 62.8 Å². The fourth-order valence-corrected chi connectivity index (χ4v) is 4.71. The zero-order valence-electron chi connectivity index (χ0n) is 14.2. The summed E-state index contributed by atoms with van der Waals surface area (Å²) in [6.07, 6.45) is 0.170. The first-order valence-corrected chi connectivity index (χ1v) is 8.99. The van der Waals surface area contributed by atoms with Crippen LogP contribution in [0.15, 0.2) is 4.52 Å². The van der Waals surface area contributed by atoms with E-state index in [9.17, 15) is 18.0 Å². The Morgan fingerprint density at radius 3 is 2.19 bits per heavy atom. The van der Waals surface area contributed by atoms with Crippen LogP contribution in [0.5, 0.6) is 0 Å². The number of hydrogen-bond donors (Lipinski definition) is 1. The number of halogens is 3. The largest absolute Gasteiger partial charge is 0.481 e. The summed E-state index contributed by atoms with van der Waals surface area (Å²) in [6, 6.07) is 0.492. The van der Waals surface area contributed by atoms with Crippen LogP contribution in [0, 0.1) is 5.92 Å². The van der Waals surface area contributed by atoms with Crippen LogP contribution < -0.4 is 4.90 Å². The second-order valence-corrected chi connectivity index (χ2v) is 7.46. The SMILES string of the molecule is O=C(O)C1CCN(C2CC3CCC(C2)N3c2nc(C(F)(F)F)no2)CC1. The Morgan fingerprint density at radius 1 is 1.08 bits per heavy atom. The van der Waals surface area contributed by atoms with E-state index >= 15 is 0 Å². The molecule has 4 rings (SSSR count). The van der Waals surface area contributed by atoms with Crippen molar-refractivity contribution < 1.29 is 27.6 Å². The lowest BCUT2D eigenvalue weighted by Crippen LogP contribution is -2.52. The number of nitrogens with zero attached hydrogens (tertiary/aromatic N) is 4. The van der Waals surface area contributed by atoms with Crippen LogP contribution in [0.4, 0.5) is 19.2 Å². The van der Waals surface area contributed by atoms with Crippen LogP contribution in [0.25, 0.3) is 0 Å². The van der Waals surface area contributed by atoms with E-state index in [1.807, 2.05) is 4.90 Å². The lowest BCUT2D eigenvalue weighted by Gasteiger charge is -2.44. The van der Waals surface area contributed by atoms with E-state index in [2.05, 4.69) is 15.0 Å². The minimum atomic E-state index is -4.60. The zero-order valence-corrected chi connectivity index (χ0v) is 14.2. The number of fused-ring (bicyclic) bond motifs is 2. The van der Waals surface area contributed by atoms with Crippen molar-refractivity contribution in [3.8, 4) is 0 Å². The maximum absolute atomic E-state index is 12.7. The highest BCUT2D eigenvalue weighted by Gasteiger charge is 2.46. The topological polar surface area (TPSA) is 82.7 Å². The molecule has 1 aromatic rings. The highest BCUT2D eigenvalue weighted by molar-refractivity contribution is 5.70. The monoisotopic (exact) mass is 374 g/mol. The first kappa shape index (κ1) is 17.6. The number of alkyl halides is 3. The number of hydrogen-bond acceptors (Lipinski definition) is 6. The first-order chi connectivity index (χ1) is 12.3. The van der Waals surface area contributed by atoms with Gasteiger partial charge in [0.2, 0.25) is 0 Å². The van der Waals surface area contributed by atoms with Crippen LogP contribution in [0.1, 0.15) is 44.3 Å². The summed E-state index contributed by atoms with van der Waals surface area (Å²) in [5, 5.41) is 12.2. The number of aromatic nitrogens is 2. The second kappa shape index (κ2) is 6.40. The average molecular weight is 374 g/mol. The van der Waals surface area contributed by atoms with E-state index in [-0.39, 0.29) is 24.0 Å². The lowest BCUT2D eigenvalue weighted by molar-refractivity contribution is -0.146. The number of carbonyl (C=O) groups is 1. The molecule has 2 atom stereocenters. The number of aliphatic carboxylic acids is 1. The molecule has 2 bridgehead atoms. The molecule has 0 amide bonds. The Labute approximate surface area is 148 Å². The van der Waals surface area contributed by atoms with Crippen molar-refractivity contribution in [1.29, 1.82) is 0 Å². The Balaban J connectivity index is 1.42. The van der Waals surface area contributed by atoms with Gasteiger partial charge in [0.05, 0.1) is 5.92 Å². The van der Waals surface area contributed by atoms with Crippen LogP contribution in [-0.4, -0.2) is 57.3 Å². The summed E-state index contributed by atoms with van der Waals surface area (Å²) < 4.78 is 43.1. The van der Waals surface area contributed by atoms with Gasteiger partial charge in [0.25, 0.3) is 5.82 Å². The van der Waals surface area contributed by atoms with Gasteiger partial charge in [-0.3, -0.25) is 4.79 Å². The third-order valence-corrected chi connectivity index (χ3v) is 5.99. The van der Waals surface area contributed by atoms with Crippen LogP contribution in [0.2, 0.25) is 0 Å². The molecule has 3 fully saturated rings. The lowest BCUT2D eigenvalue weighted by atomic mass is 9.91. The summed E-state index contributed by atoms with van der Waals surface area (Å²) in [5.74, 6) is -2.22. The smallest absolute Gasteiger partial charge is 0.455 e. The molecule has 3 aliphatic rings. The van der Waals surface area contributed by atoms with Crippen molar-refractivity contribution in [2.75, 3.05) is 18.0 Å². The van der Waals surface area contributed by atoms with Crippen LogP contribution in [-0.2, 0) is 11.0 Å². The third-order valence-electron chi connectivity index (χ3n) is 5.99. The molecule has 4 heterocycles. The normalized spacial score (nSPS) is 30.7. The zero-order chi connectivity index (χ0) is 18.5. The van der Waals surface area contributed by atoms with Gasteiger partial charge < -0.3 is 19.4 Å². The van der Waals surface area contributed by atoms with Crippen molar-refractivity contribution in [1.82, 2.24) is 15.0 Å². The van der Waals surface area contributed by atoms with Gasteiger partial charge in [0, 0.05) is 18.1 Å². The van der Waals surface area contributed by atoms with Crippen molar-refractivity contribution in [2.24, 2.45) is 5.92 Å². The number of rotatable bonds is 3. The minimum Gasteiger partial charge on any atom is -0.481 e. The van der Waals surface area contributed by atoms with Gasteiger partial charge in [0.1, 0.15) is 0 Å². The molecule has 1 N–H and O–H groups in total. The second-order valence-electron chi connectivity index (χ2n) is 7.46. The summed E-state index contributed by atoms with van der Waals surface area (Å²) in [6.45, 7) is 1.53. The highest BCUT2D eigenvalue weighted by atomic mass is 19.4. The van der Waals surface area contributed by atoms with Gasteiger partial charge in [-0.15, -0.1) is 0 Å². The van der Waals surface area contributed by atoms with Crippen molar-refractivity contribution >= 4 is 12.0 Å². The standard InChI is InChI=1S/C16H21F3N4O3/c17-16(18,19)14-20-15(26-21-14)23-10-1-2-11(23)8-12(7-10)22-5-3-9(4-6-22)13(24)25/h9-12H,1-8H2,(H,24,25). The van der Waals surface area contributed by atoms with E-state index in [0.29, 0.717) is 18.9 Å². The third kappa shape index (κ3) is 3.15. The van der Waals surface area contributed by atoms with Gasteiger partial charge in [-0.1, -0.05) is 0 Å². The molecule has 144 valence electrons. The summed E-state index contributed by atoms with van der Waals surface area (Å²) in [4.78, 5) is 18.9. The molecular formula is C16H21F3N4O3. The number of carboxylic acids is 1. The Kier molecular flexibility index (Phi) is 4.32. The van der Waals surface area contributed by atoms with Gasteiger partial charge in [0.15, 0.2) is 0 Å². The molecule has 2 unspecified atom stereocenters. The number of carboxylic acid groups (broad SMARTS) is 1. The average Bonchev–Trinajstić information content (AvgIpc) is 3.17. The summed E-state index contributed by atoms with van der Waals surface area (Å²) >= 11 is 0. The Bertz CT molecular complexity index is 658. The van der Waals surface area contributed by atoms with E-state index in [4.69, 9.17) is 9.63 Å². The predicted octanol–water partition coefficient (Wildman–Crippen LogP) is 2.38. The van der Waals surface area contributed by atoms with Crippen LogP contribution in [0.3, 0.4) is 0 Å². The highest BCUT2D eigenvalue weighted by Crippen LogP contribution is 2.41. The van der Waals surface area contributed by atoms with E-state index < -0.39 is 18.0 Å². The van der Waals surface area contributed by atoms with Gasteiger partial charge in [-0.2, -0.15) is 18.2 Å². The minimum absolute atomic E-state index is 0.0344. The predicted molar refractivity (Wildman–Crippen MR) is 83.5 cm³/mol. The van der Waals surface area contributed by atoms with Crippen molar-refractivity contribution in [3.05, 3.63) is 5.82 Å². The fourth-order valence-electron chi connectivity index (χ4n) is 4.71. The van der Waals surface area contributed by atoms with Gasteiger partial charge in [-0.05, 0) is 56.8 Å². The maximum atomic E-state index is 12.7. The number of likely N-dealkylation sites (tertiary alicyclic amines) is 1. The molecule has 0 spiro atoms. The van der Waals surface area contributed by atoms with Crippen molar-refractivity contribution in [3.63, 3.8) is 0 Å². The molecule has 7 nitrogen and oxygen atoms in total. The Hall–Kier alpha value is -1.84. The van der Waals surface area contributed by atoms with E-state index in [1.54, 1.807) is 0 Å². The van der Waals surface area contributed by atoms with Gasteiger partial charge >= 0.3 is 18.2 Å². The number of piperidine rings is 2. The molecule has 26 heavy (non-hydrogen) atoms. The molecule has 3 aliphatic heterocycles. The van der Waals surface area contributed by atoms with Crippen LogP contribution >= 0.6 is 0 Å². The molecular weight excluding hydrogens is 353 g/mol. The van der Waals surface area contributed by atoms with E-state index in [1.165, 1.54) is 0 Å². The maximum Gasteiger partial charge on any atom is 0.455 e. The molecule has 3 saturated heterocycles. The summed E-state index contributed by atoms with van der Waals surface area (Å²) in [7, 11) is 0. The molecule has 10 heteroatoms. The summed E-state index contributed by atoms with van der Waals surface area (Å²) in [5.41, 5.74) is 0. The molecule has 0 radical (unpaired) electrons. The quantitative estimate of drug-likeness (QED) is 0.870. The molecule has 0 aromatic carbocycles.